The zero-order valence-corrected chi connectivity index (χ0v) is 18.2. The van der Waals surface area contributed by atoms with Crippen LogP contribution in [-0.4, -0.2) is 25.4 Å². The minimum atomic E-state index is -4.75. The minimum absolute atomic E-state index is 0.0185. The van der Waals surface area contributed by atoms with Crippen molar-refractivity contribution in [2.45, 2.75) is 12.8 Å². The molecular formula is C21H11BrClF3N4O2. The van der Waals surface area contributed by atoms with Crippen LogP contribution in [0.25, 0.3) is 16.6 Å². The number of hydrogen-bond donors (Lipinski definition) is 0. The summed E-state index contributed by atoms with van der Waals surface area (Å²) in [4.78, 5) is 4.03. The van der Waals surface area contributed by atoms with Crippen LogP contribution in [0.4, 0.5) is 18.9 Å². The van der Waals surface area contributed by atoms with E-state index in [4.69, 9.17) is 16.3 Å². The van der Waals surface area contributed by atoms with Crippen molar-refractivity contribution in [2.75, 3.05) is 0 Å². The summed E-state index contributed by atoms with van der Waals surface area (Å²) in [7, 11) is 0. The molecule has 4 aromatic rings. The number of ether oxygens (including phenoxy) is 1. The molecule has 0 N–H and O–H groups in total. The largest absolute Gasteiger partial charge is 0.615 e. The van der Waals surface area contributed by atoms with Crippen LogP contribution in [0.2, 0.25) is 5.02 Å². The van der Waals surface area contributed by atoms with Gasteiger partial charge in [0.2, 0.25) is 5.69 Å². The van der Waals surface area contributed by atoms with Gasteiger partial charge in [-0.1, -0.05) is 35.9 Å². The second-order valence-corrected chi connectivity index (χ2v) is 8.14. The molecule has 0 saturated heterocycles. The normalized spacial score (nSPS) is 13.9. The molecule has 0 atom stereocenters. The van der Waals surface area contributed by atoms with Crippen molar-refractivity contribution in [1.29, 1.82) is 0 Å². The molecule has 0 spiro atoms. The predicted molar refractivity (Wildman–Crippen MR) is 115 cm³/mol. The summed E-state index contributed by atoms with van der Waals surface area (Å²) >= 11 is 9.62. The molecule has 2 aromatic carbocycles. The van der Waals surface area contributed by atoms with Gasteiger partial charge in [0.15, 0.2) is 17.2 Å². The van der Waals surface area contributed by atoms with Gasteiger partial charge in [0.05, 0.1) is 15.1 Å². The molecule has 0 radical (unpaired) electrons. The first-order valence-electron chi connectivity index (χ1n) is 9.21. The molecule has 1 aliphatic rings. The van der Waals surface area contributed by atoms with E-state index in [1.165, 1.54) is 18.3 Å². The third-order valence-corrected chi connectivity index (χ3v) is 6.05. The molecule has 6 nitrogen and oxygen atoms in total. The third-order valence-electron chi connectivity index (χ3n) is 4.95. The van der Waals surface area contributed by atoms with Gasteiger partial charge >= 0.3 is 12.1 Å². The SMILES string of the molecule is [O-][N+]1=C(c2cc(C(F)(F)F)nn2-c2ncccc2Cl)OCc2cc3ccccc3c(Br)c21. The highest BCUT2D eigenvalue weighted by Gasteiger charge is 2.39. The fourth-order valence-electron chi connectivity index (χ4n) is 3.53. The van der Waals surface area contributed by atoms with Gasteiger partial charge in [0, 0.05) is 17.6 Å². The van der Waals surface area contributed by atoms with Crippen LogP contribution in [0.1, 0.15) is 17.0 Å². The maximum absolute atomic E-state index is 13.5. The highest BCUT2D eigenvalue weighted by Crippen LogP contribution is 2.40. The maximum Gasteiger partial charge on any atom is 0.435 e. The van der Waals surface area contributed by atoms with E-state index in [1.807, 2.05) is 30.3 Å². The van der Waals surface area contributed by atoms with Crippen molar-refractivity contribution in [3.05, 3.63) is 86.4 Å². The topological polar surface area (TPSA) is 66.0 Å². The summed E-state index contributed by atoms with van der Waals surface area (Å²) < 4.78 is 47.9. The first-order chi connectivity index (χ1) is 15.3. The van der Waals surface area contributed by atoms with E-state index in [2.05, 4.69) is 26.0 Å². The molecule has 0 amide bonds. The average Bonchev–Trinajstić information content (AvgIpc) is 3.20. The second-order valence-electron chi connectivity index (χ2n) is 6.94. The fourth-order valence-corrected chi connectivity index (χ4v) is 4.51. The molecule has 3 heterocycles. The van der Waals surface area contributed by atoms with E-state index in [0.29, 0.717) is 14.8 Å². The van der Waals surface area contributed by atoms with Gasteiger partial charge in [-0.3, -0.25) is 0 Å². The summed E-state index contributed by atoms with van der Waals surface area (Å²) in [5.74, 6) is -0.411. The number of pyridine rings is 1. The van der Waals surface area contributed by atoms with Crippen molar-refractivity contribution in [1.82, 2.24) is 14.8 Å². The highest BCUT2D eigenvalue weighted by molar-refractivity contribution is 9.10. The Balaban J connectivity index is 1.77. The Hall–Kier alpha value is -3.11. The summed E-state index contributed by atoms with van der Waals surface area (Å²) in [6.45, 7) is -0.0185. The van der Waals surface area contributed by atoms with E-state index in [0.717, 1.165) is 21.5 Å². The van der Waals surface area contributed by atoms with Crippen molar-refractivity contribution >= 4 is 49.9 Å². The first kappa shape index (κ1) is 20.8. The lowest BCUT2D eigenvalue weighted by atomic mass is 10.0. The van der Waals surface area contributed by atoms with E-state index in [9.17, 15) is 18.4 Å². The van der Waals surface area contributed by atoms with Crippen molar-refractivity contribution in [3.63, 3.8) is 0 Å². The monoisotopic (exact) mass is 522 g/mol. The first-order valence-corrected chi connectivity index (χ1v) is 10.4. The molecular weight excluding hydrogens is 513 g/mol. The molecule has 0 fully saturated rings. The van der Waals surface area contributed by atoms with Crippen LogP contribution < -0.4 is 0 Å². The Morgan fingerprint density at radius 3 is 2.69 bits per heavy atom. The van der Waals surface area contributed by atoms with Gasteiger partial charge in [0.1, 0.15) is 6.61 Å². The Morgan fingerprint density at radius 2 is 1.94 bits per heavy atom. The zero-order valence-electron chi connectivity index (χ0n) is 15.9. The Morgan fingerprint density at radius 1 is 1.16 bits per heavy atom. The smallest absolute Gasteiger partial charge is 0.435 e. The lowest BCUT2D eigenvalue weighted by Crippen LogP contribution is -2.25. The molecule has 0 saturated carbocycles. The van der Waals surface area contributed by atoms with Crippen LogP contribution in [0, 0.1) is 5.21 Å². The summed E-state index contributed by atoms with van der Waals surface area (Å²) in [6, 6.07) is 13.0. The number of halogens is 5. The van der Waals surface area contributed by atoms with Crippen molar-refractivity contribution in [2.24, 2.45) is 0 Å². The predicted octanol–water partition coefficient (Wildman–Crippen LogP) is 5.97. The summed E-state index contributed by atoms with van der Waals surface area (Å²) in [5, 5.41) is 18.7. The number of hydrogen-bond acceptors (Lipinski definition) is 4. The zero-order chi connectivity index (χ0) is 22.6. The molecule has 1 aliphatic heterocycles. The maximum atomic E-state index is 13.5. The van der Waals surface area contributed by atoms with E-state index in [1.54, 1.807) is 0 Å². The van der Waals surface area contributed by atoms with Gasteiger partial charge < -0.3 is 9.94 Å². The number of benzene rings is 2. The van der Waals surface area contributed by atoms with Crippen LogP contribution >= 0.6 is 27.5 Å². The number of rotatable bonds is 2. The van der Waals surface area contributed by atoms with Crippen molar-refractivity contribution in [3.8, 4) is 5.82 Å². The number of aromatic nitrogens is 3. The lowest BCUT2D eigenvalue weighted by molar-refractivity contribution is -0.380. The molecule has 11 heteroatoms. The number of fused-ring (bicyclic) bond motifs is 2. The Bertz CT molecular complexity index is 1420. The lowest BCUT2D eigenvalue weighted by Gasteiger charge is -2.20. The molecule has 2 aromatic heterocycles. The van der Waals surface area contributed by atoms with Crippen LogP contribution in [-0.2, 0) is 17.5 Å². The van der Waals surface area contributed by atoms with Gasteiger partial charge in [-0.15, -0.1) is 4.74 Å². The van der Waals surface area contributed by atoms with E-state index < -0.39 is 11.9 Å². The number of nitrogens with zero attached hydrogens (tertiary/aromatic N) is 4. The molecule has 0 aliphatic carbocycles. The van der Waals surface area contributed by atoms with Gasteiger partial charge in [-0.05, 0) is 39.5 Å². The number of alkyl halides is 3. The van der Waals surface area contributed by atoms with Crippen LogP contribution in [0.5, 0.6) is 0 Å². The van der Waals surface area contributed by atoms with Crippen LogP contribution in [0.15, 0.2) is 59.2 Å². The fraction of sp³-hybridized carbons (Fsp3) is 0.0952. The standard InChI is InChI=1S/C21H11BrClF3N4O2/c22-17-13-5-2-1-4-11(13)8-12-10-32-20(30(31)18(12)17)15-9-16(21(24,25)26)28-29(15)19-14(23)6-3-7-27-19/h1-9H,10H2. The van der Waals surface area contributed by atoms with Crippen LogP contribution in [0.3, 0.4) is 0 Å². The average molecular weight is 524 g/mol. The summed E-state index contributed by atoms with van der Waals surface area (Å²) in [6.07, 6.45) is -3.39. The highest BCUT2D eigenvalue weighted by atomic mass is 79.9. The van der Waals surface area contributed by atoms with Gasteiger partial charge in [-0.2, -0.15) is 18.3 Å². The van der Waals surface area contributed by atoms with Crippen molar-refractivity contribution < 1.29 is 22.6 Å². The Kier molecular flexibility index (Phi) is 4.86. The molecule has 5 rings (SSSR count). The Labute approximate surface area is 192 Å². The minimum Gasteiger partial charge on any atom is -0.615 e. The van der Waals surface area contributed by atoms with Gasteiger partial charge in [-0.25, -0.2) is 9.67 Å². The molecule has 0 unspecified atom stereocenters. The van der Waals surface area contributed by atoms with Gasteiger partial charge in [0.25, 0.3) is 0 Å². The third kappa shape index (κ3) is 3.30. The van der Waals surface area contributed by atoms with E-state index in [-0.39, 0.29) is 34.7 Å². The molecule has 32 heavy (non-hydrogen) atoms. The summed E-state index contributed by atoms with van der Waals surface area (Å²) in [5.41, 5.74) is -0.591. The van der Waals surface area contributed by atoms with E-state index >= 15 is 0 Å². The molecule has 162 valence electrons. The quantitative estimate of drug-likeness (QED) is 0.240. The molecule has 0 bridgehead atoms. The second kappa shape index (κ2) is 7.49.